The second-order valence-electron chi connectivity index (χ2n) is 4.97. The van der Waals surface area contributed by atoms with Crippen LogP contribution in [0.15, 0.2) is 46.1 Å². The third kappa shape index (κ3) is 2.07. The van der Waals surface area contributed by atoms with E-state index in [2.05, 4.69) is 6.58 Å². The molecule has 1 aliphatic rings. The largest absolute Gasteiger partial charge is 0.439 e. The number of carbonyl (C=O) groups is 2. The number of aldehydes is 1. The van der Waals surface area contributed by atoms with Gasteiger partial charge in [0.1, 0.15) is 11.1 Å². The Hall–Kier alpha value is -2.69. The predicted octanol–water partition coefficient (Wildman–Crippen LogP) is 2.14. The van der Waals surface area contributed by atoms with Crippen LogP contribution < -0.4 is 10.3 Å². The average molecular weight is 283 g/mol. The maximum absolute atomic E-state index is 12.3. The highest BCUT2D eigenvalue weighted by Crippen LogP contribution is 2.29. The third-order valence-electron chi connectivity index (χ3n) is 3.66. The van der Waals surface area contributed by atoms with Gasteiger partial charge in [-0.15, -0.1) is 6.58 Å². The zero-order valence-corrected chi connectivity index (χ0v) is 11.2. The zero-order valence-electron chi connectivity index (χ0n) is 11.2. The number of fused-ring (bicyclic) bond motifs is 1. The lowest BCUT2D eigenvalue weighted by molar-refractivity contribution is -0.117. The summed E-state index contributed by atoms with van der Waals surface area (Å²) in [5.41, 5.74) is -0.179. The van der Waals surface area contributed by atoms with Gasteiger partial charge in [0, 0.05) is 18.9 Å². The van der Waals surface area contributed by atoms with Gasteiger partial charge in [0.05, 0.1) is 5.39 Å². The van der Waals surface area contributed by atoms with E-state index in [0.29, 0.717) is 30.2 Å². The molecular formula is C16H13NO4. The summed E-state index contributed by atoms with van der Waals surface area (Å²) in [7, 11) is 0. The lowest BCUT2D eigenvalue weighted by Crippen LogP contribution is -2.28. The topological polar surface area (TPSA) is 67.6 Å². The Labute approximate surface area is 120 Å². The molecule has 1 unspecified atom stereocenters. The van der Waals surface area contributed by atoms with E-state index in [1.54, 1.807) is 30.3 Å². The van der Waals surface area contributed by atoms with E-state index in [1.807, 2.05) is 0 Å². The van der Waals surface area contributed by atoms with Crippen molar-refractivity contribution in [1.82, 2.24) is 0 Å². The van der Waals surface area contributed by atoms with Crippen molar-refractivity contribution >= 4 is 29.0 Å². The second kappa shape index (κ2) is 5.01. The van der Waals surface area contributed by atoms with Gasteiger partial charge < -0.3 is 4.42 Å². The molecule has 0 radical (unpaired) electrons. The van der Waals surface area contributed by atoms with Crippen LogP contribution in [0.2, 0.25) is 0 Å². The number of nitrogens with zero attached hydrogens (tertiary/aromatic N) is 1. The number of hydrogen-bond donors (Lipinski definition) is 0. The molecule has 106 valence electrons. The molecule has 1 aromatic carbocycles. The number of carbonyl (C=O) groups excluding carboxylic acids is 2. The van der Waals surface area contributed by atoms with E-state index in [4.69, 9.17) is 4.42 Å². The summed E-state index contributed by atoms with van der Waals surface area (Å²) < 4.78 is 5.65. The fraction of sp³-hybridized carbons (Fsp3) is 0.188. The first-order chi connectivity index (χ1) is 10.2. The minimum absolute atomic E-state index is 0.00576. The summed E-state index contributed by atoms with van der Waals surface area (Å²) in [4.78, 5) is 37.0. The van der Waals surface area contributed by atoms with Gasteiger partial charge in [-0.1, -0.05) is 18.2 Å². The van der Waals surface area contributed by atoms with Crippen molar-refractivity contribution in [2.24, 2.45) is 5.92 Å². The number of hydrogen-bond acceptors (Lipinski definition) is 4. The monoisotopic (exact) mass is 283 g/mol. The van der Waals surface area contributed by atoms with Gasteiger partial charge in [0.2, 0.25) is 17.2 Å². The molecule has 5 heteroatoms. The first-order valence-corrected chi connectivity index (χ1v) is 6.59. The van der Waals surface area contributed by atoms with Crippen LogP contribution in [-0.4, -0.2) is 18.7 Å². The summed E-state index contributed by atoms with van der Waals surface area (Å²) in [6, 6.07) is 6.66. The maximum atomic E-state index is 12.3. The van der Waals surface area contributed by atoms with Crippen molar-refractivity contribution in [1.29, 1.82) is 0 Å². The van der Waals surface area contributed by atoms with E-state index >= 15 is 0 Å². The number of rotatable bonds is 3. The maximum Gasteiger partial charge on any atom is 0.230 e. The Balaban J connectivity index is 2.23. The van der Waals surface area contributed by atoms with Crippen LogP contribution in [0.4, 0.5) is 5.88 Å². The normalized spacial score (nSPS) is 18.2. The van der Waals surface area contributed by atoms with E-state index in [9.17, 15) is 14.4 Å². The van der Waals surface area contributed by atoms with Crippen LogP contribution in [0.25, 0.3) is 11.0 Å². The first-order valence-electron chi connectivity index (χ1n) is 6.59. The molecule has 1 amide bonds. The standard InChI is InChI=1S/C16H13NO4/c1-2-10-7-14(19)17(8-10)16-12(9-18)15(20)11-5-3-4-6-13(11)21-16/h2-6,9-10H,1,7-8H2. The van der Waals surface area contributed by atoms with Gasteiger partial charge in [0.25, 0.3) is 0 Å². The van der Waals surface area contributed by atoms with Crippen molar-refractivity contribution < 1.29 is 14.0 Å². The van der Waals surface area contributed by atoms with Crippen molar-refractivity contribution in [3.8, 4) is 0 Å². The Morgan fingerprint density at radius 2 is 2.05 bits per heavy atom. The molecule has 2 aromatic rings. The quantitative estimate of drug-likeness (QED) is 0.639. The molecule has 1 saturated heterocycles. The van der Waals surface area contributed by atoms with Crippen molar-refractivity contribution in [2.45, 2.75) is 6.42 Å². The molecule has 1 aromatic heterocycles. The summed E-state index contributed by atoms with van der Waals surface area (Å²) in [6.07, 6.45) is 2.44. The second-order valence-corrected chi connectivity index (χ2v) is 4.97. The highest BCUT2D eigenvalue weighted by Gasteiger charge is 2.33. The molecule has 1 aliphatic heterocycles. The minimum atomic E-state index is -0.420. The molecule has 5 nitrogen and oxygen atoms in total. The Kier molecular flexibility index (Phi) is 3.17. The van der Waals surface area contributed by atoms with Crippen LogP contribution in [0.3, 0.4) is 0 Å². The van der Waals surface area contributed by atoms with Crippen LogP contribution >= 0.6 is 0 Å². The van der Waals surface area contributed by atoms with Gasteiger partial charge in [-0.05, 0) is 12.1 Å². The lowest BCUT2D eigenvalue weighted by atomic mass is 10.1. The van der Waals surface area contributed by atoms with Gasteiger partial charge >= 0.3 is 0 Å². The highest BCUT2D eigenvalue weighted by molar-refractivity contribution is 6.00. The first kappa shape index (κ1) is 13.3. The fourth-order valence-corrected chi connectivity index (χ4v) is 2.54. The van der Waals surface area contributed by atoms with Gasteiger partial charge in [-0.25, -0.2) is 0 Å². The molecule has 0 N–H and O–H groups in total. The predicted molar refractivity (Wildman–Crippen MR) is 78.5 cm³/mol. The number of para-hydroxylation sites is 1. The van der Waals surface area contributed by atoms with E-state index in [1.165, 1.54) is 4.90 Å². The molecular weight excluding hydrogens is 270 g/mol. The van der Waals surface area contributed by atoms with Crippen molar-refractivity contribution in [3.05, 3.63) is 52.7 Å². The third-order valence-corrected chi connectivity index (χ3v) is 3.66. The summed E-state index contributed by atoms with van der Waals surface area (Å²) in [5, 5.41) is 0.329. The Morgan fingerprint density at radius 1 is 1.29 bits per heavy atom. The summed E-state index contributed by atoms with van der Waals surface area (Å²) in [6.45, 7) is 4.04. The van der Waals surface area contributed by atoms with Crippen LogP contribution in [0, 0.1) is 5.92 Å². The van der Waals surface area contributed by atoms with Crippen LogP contribution in [0.5, 0.6) is 0 Å². The number of amides is 1. The van der Waals surface area contributed by atoms with Crippen molar-refractivity contribution in [2.75, 3.05) is 11.4 Å². The number of benzene rings is 1. The minimum Gasteiger partial charge on any atom is -0.439 e. The highest BCUT2D eigenvalue weighted by atomic mass is 16.4. The summed E-state index contributed by atoms with van der Waals surface area (Å²) >= 11 is 0. The van der Waals surface area contributed by atoms with E-state index in [0.717, 1.165) is 0 Å². The van der Waals surface area contributed by atoms with E-state index < -0.39 is 5.43 Å². The van der Waals surface area contributed by atoms with Crippen molar-refractivity contribution in [3.63, 3.8) is 0 Å². The van der Waals surface area contributed by atoms with Gasteiger partial charge in [-0.3, -0.25) is 19.3 Å². The lowest BCUT2D eigenvalue weighted by Gasteiger charge is -2.16. The molecule has 21 heavy (non-hydrogen) atoms. The fourth-order valence-electron chi connectivity index (χ4n) is 2.54. The molecule has 3 rings (SSSR count). The van der Waals surface area contributed by atoms with Crippen LogP contribution in [0.1, 0.15) is 16.8 Å². The summed E-state index contributed by atoms with van der Waals surface area (Å²) in [5.74, 6) is -0.154. The SMILES string of the molecule is C=CC1CC(=O)N(c2oc3ccccc3c(=O)c2C=O)C1. The molecule has 0 spiro atoms. The Morgan fingerprint density at radius 3 is 2.71 bits per heavy atom. The smallest absolute Gasteiger partial charge is 0.230 e. The average Bonchev–Trinajstić information content (AvgIpc) is 2.88. The molecule has 0 bridgehead atoms. The Bertz CT molecular complexity index is 806. The number of anilines is 1. The molecule has 0 saturated carbocycles. The van der Waals surface area contributed by atoms with E-state index in [-0.39, 0.29) is 23.3 Å². The molecule has 2 heterocycles. The van der Waals surface area contributed by atoms with Gasteiger partial charge in [-0.2, -0.15) is 0 Å². The molecule has 1 fully saturated rings. The molecule has 1 atom stereocenters. The van der Waals surface area contributed by atoms with Crippen LogP contribution in [-0.2, 0) is 4.79 Å². The molecule has 0 aliphatic carbocycles. The zero-order chi connectivity index (χ0) is 15.0. The van der Waals surface area contributed by atoms with Gasteiger partial charge in [0.15, 0.2) is 6.29 Å².